The summed E-state index contributed by atoms with van der Waals surface area (Å²) in [6.45, 7) is 0. The van der Waals surface area contributed by atoms with Crippen molar-refractivity contribution in [2.24, 2.45) is 0 Å². The molecular weight excluding hydrogens is 168 g/mol. The van der Waals surface area contributed by atoms with E-state index in [1.807, 2.05) is 6.20 Å². The van der Waals surface area contributed by atoms with Gasteiger partial charge in [0.2, 0.25) is 0 Å². The molecule has 0 atom stereocenters. The summed E-state index contributed by atoms with van der Waals surface area (Å²) in [6, 6.07) is 6.48. The normalized spacial score (nSPS) is 12.0. The SMILES string of the molecule is C[SH](C)c1ccc2[nH]ncc2c1. The summed E-state index contributed by atoms with van der Waals surface area (Å²) in [6.07, 6.45) is 6.39. The summed E-state index contributed by atoms with van der Waals surface area (Å²) in [5.41, 5.74) is 1.12. The van der Waals surface area contributed by atoms with Crippen LogP contribution in [0.4, 0.5) is 0 Å². The van der Waals surface area contributed by atoms with Crippen LogP contribution in [0.1, 0.15) is 0 Å². The van der Waals surface area contributed by atoms with Crippen LogP contribution in [-0.2, 0) is 0 Å². The highest BCUT2D eigenvalue weighted by Crippen LogP contribution is 2.29. The Kier molecular flexibility index (Phi) is 1.81. The molecule has 1 N–H and O–H groups in total. The van der Waals surface area contributed by atoms with Crippen LogP contribution < -0.4 is 0 Å². The summed E-state index contributed by atoms with van der Waals surface area (Å²) < 4.78 is 0. The molecule has 1 aromatic heterocycles. The van der Waals surface area contributed by atoms with Gasteiger partial charge in [0.15, 0.2) is 0 Å². The van der Waals surface area contributed by atoms with Crippen molar-refractivity contribution in [2.45, 2.75) is 4.90 Å². The van der Waals surface area contributed by atoms with Crippen molar-refractivity contribution in [3.05, 3.63) is 24.4 Å². The van der Waals surface area contributed by atoms with Gasteiger partial charge in [-0.1, -0.05) is 0 Å². The molecule has 2 rings (SSSR count). The van der Waals surface area contributed by atoms with Crippen molar-refractivity contribution in [3.63, 3.8) is 0 Å². The molecule has 0 saturated heterocycles. The fourth-order valence-electron chi connectivity index (χ4n) is 1.21. The van der Waals surface area contributed by atoms with E-state index in [1.165, 1.54) is 10.3 Å². The molecule has 0 spiro atoms. The van der Waals surface area contributed by atoms with E-state index in [4.69, 9.17) is 0 Å². The molecule has 64 valence electrons. The third kappa shape index (κ3) is 1.20. The Morgan fingerprint density at radius 1 is 1.33 bits per heavy atom. The largest absolute Gasteiger partial charge is 0.278 e. The van der Waals surface area contributed by atoms with Crippen LogP contribution in [0.2, 0.25) is 0 Å². The quantitative estimate of drug-likeness (QED) is 0.647. The molecule has 1 aromatic carbocycles. The average molecular weight is 180 g/mol. The molecule has 0 radical (unpaired) electrons. The number of nitrogens with one attached hydrogen (secondary N) is 1. The molecular formula is C9H12N2S. The van der Waals surface area contributed by atoms with Crippen molar-refractivity contribution in [1.82, 2.24) is 10.2 Å². The van der Waals surface area contributed by atoms with Crippen molar-refractivity contribution in [1.29, 1.82) is 0 Å². The number of rotatable bonds is 1. The first-order valence-electron chi connectivity index (χ1n) is 3.88. The molecule has 3 heteroatoms. The lowest BCUT2D eigenvalue weighted by Gasteiger charge is -2.08. The number of aromatic nitrogens is 2. The Morgan fingerprint density at radius 3 is 2.92 bits per heavy atom. The van der Waals surface area contributed by atoms with Gasteiger partial charge in [0.1, 0.15) is 0 Å². The number of hydrogen-bond donors (Lipinski definition) is 2. The molecule has 0 aliphatic carbocycles. The molecule has 0 saturated carbocycles. The highest BCUT2D eigenvalue weighted by molar-refractivity contribution is 8.15. The van der Waals surface area contributed by atoms with Gasteiger partial charge >= 0.3 is 0 Å². The minimum atomic E-state index is 0.00845. The number of benzene rings is 1. The summed E-state index contributed by atoms with van der Waals surface area (Å²) in [5, 5.41) is 8.14. The van der Waals surface area contributed by atoms with Gasteiger partial charge in [-0.05, 0) is 35.6 Å². The lowest BCUT2D eigenvalue weighted by Crippen LogP contribution is -1.77. The second-order valence-electron chi connectivity index (χ2n) is 3.04. The van der Waals surface area contributed by atoms with Crippen LogP contribution >= 0.6 is 10.9 Å². The van der Waals surface area contributed by atoms with E-state index in [0.717, 1.165) is 5.52 Å². The van der Waals surface area contributed by atoms with Crippen molar-refractivity contribution in [2.75, 3.05) is 12.5 Å². The molecule has 2 nitrogen and oxygen atoms in total. The molecule has 0 bridgehead atoms. The van der Waals surface area contributed by atoms with E-state index in [-0.39, 0.29) is 10.9 Å². The fourth-order valence-corrected chi connectivity index (χ4v) is 1.98. The van der Waals surface area contributed by atoms with Crippen molar-refractivity contribution >= 4 is 21.8 Å². The second kappa shape index (κ2) is 2.83. The van der Waals surface area contributed by atoms with Crippen LogP contribution in [0.15, 0.2) is 29.3 Å². The van der Waals surface area contributed by atoms with E-state index < -0.39 is 0 Å². The molecule has 2 aromatic rings. The number of aromatic amines is 1. The maximum absolute atomic E-state index is 3.98. The zero-order chi connectivity index (χ0) is 8.55. The molecule has 0 aliphatic rings. The Labute approximate surface area is 74.3 Å². The topological polar surface area (TPSA) is 28.7 Å². The highest BCUT2D eigenvalue weighted by Gasteiger charge is 1.98. The lowest BCUT2D eigenvalue weighted by molar-refractivity contribution is 1.12. The predicted octanol–water partition coefficient (Wildman–Crippen LogP) is 2.18. The van der Waals surface area contributed by atoms with Gasteiger partial charge in [-0.25, -0.2) is 10.9 Å². The number of fused-ring (bicyclic) bond motifs is 1. The maximum Gasteiger partial charge on any atom is 0.0651 e. The average Bonchev–Trinajstić information content (AvgIpc) is 2.49. The Balaban J connectivity index is 2.60. The van der Waals surface area contributed by atoms with Crippen LogP contribution in [0, 0.1) is 0 Å². The van der Waals surface area contributed by atoms with Gasteiger partial charge in [0, 0.05) is 5.39 Å². The lowest BCUT2D eigenvalue weighted by atomic mass is 10.3. The first-order chi connectivity index (χ1) is 5.77. The number of nitrogens with zero attached hydrogens (tertiary/aromatic N) is 1. The summed E-state index contributed by atoms with van der Waals surface area (Å²) >= 11 is 0. The van der Waals surface area contributed by atoms with Gasteiger partial charge < -0.3 is 0 Å². The zero-order valence-electron chi connectivity index (χ0n) is 7.20. The van der Waals surface area contributed by atoms with Gasteiger partial charge in [-0.3, -0.25) is 5.10 Å². The highest BCUT2D eigenvalue weighted by atomic mass is 32.2. The number of hydrogen-bond acceptors (Lipinski definition) is 1. The van der Waals surface area contributed by atoms with E-state index in [2.05, 4.69) is 40.9 Å². The van der Waals surface area contributed by atoms with Gasteiger partial charge in [0.05, 0.1) is 11.7 Å². The van der Waals surface area contributed by atoms with E-state index in [1.54, 1.807) is 0 Å². The number of thiol groups is 1. The first-order valence-corrected chi connectivity index (χ1v) is 6.11. The third-order valence-corrected chi connectivity index (χ3v) is 3.25. The smallest absolute Gasteiger partial charge is 0.0651 e. The monoisotopic (exact) mass is 180 g/mol. The zero-order valence-corrected chi connectivity index (χ0v) is 8.10. The van der Waals surface area contributed by atoms with Gasteiger partial charge in [-0.2, -0.15) is 5.10 Å². The van der Waals surface area contributed by atoms with Crippen LogP contribution in [-0.4, -0.2) is 22.7 Å². The Morgan fingerprint density at radius 2 is 2.17 bits per heavy atom. The van der Waals surface area contributed by atoms with Crippen LogP contribution in [0.5, 0.6) is 0 Å². The van der Waals surface area contributed by atoms with Crippen LogP contribution in [0.3, 0.4) is 0 Å². The van der Waals surface area contributed by atoms with Crippen molar-refractivity contribution in [3.8, 4) is 0 Å². The number of H-pyrrole nitrogens is 1. The van der Waals surface area contributed by atoms with E-state index in [0.29, 0.717) is 0 Å². The summed E-state index contributed by atoms with van der Waals surface area (Å²) in [7, 11) is 0.00845. The predicted molar refractivity (Wildman–Crippen MR) is 55.2 cm³/mol. The van der Waals surface area contributed by atoms with Gasteiger partial charge in [-0.15, -0.1) is 0 Å². The van der Waals surface area contributed by atoms with Crippen molar-refractivity contribution < 1.29 is 0 Å². The molecule has 12 heavy (non-hydrogen) atoms. The van der Waals surface area contributed by atoms with E-state index >= 15 is 0 Å². The molecule has 1 heterocycles. The minimum absolute atomic E-state index is 0.00845. The summed E-state index contributed by atoms with van der Waals surface area (Å²) in [4.78, 5) is 1.43. The maximum atomic E-state index is 3.98. The molecule has 0 aliphatic heterocycles. The Bertz CT molecular complexity index is 392. The first kappa shape index (κ1) is 7.68. The molecule has 0 unspecified atom stereocenters. The Hall–Kier alpha value is -0.960. The third-order valence-electron chi connectivity index (χ3n) is 1.94. The van der Waals surface area contributed by atoms with E-state index in [9.17, 15) is 0 Å². The minimum Gasteiger partial charge on any atom is -0.278 e. The standard InChI is InChI=1S/C9H12N2S/c1-12(2)8-3-4-9-7(5-8)6-10-11-9/h3-6,12H,1-2H3,(H,10,11). The van der Waals surface area contributed by atoms with Gasteiger partial charge in [0.25, 0.3) is 0 Å². The van der Waals surface area contributed by atoms with Crippen LogP contribution in [0.25, 0.3) is 10.9 Å². The molecule has 0 amide bonds. The summed E-state index contributed by atoms with van der Waals surface area (Å²) in [5.74, 6) is 0. The second-order valence-corrected chi connectivity index (χ2v) is 5.34. The molecule has 0 fully saturated rings. The fraction of sp³-hybridized carbons (Fsp3) is 0.222.